The molecule has 3 N–H and O–H groups in total. The van der Waals surface area contributed by atoms with Crippen molar-refractivity contribution in [3.05, 3.63) is 28.2 Å². The molecule has 19 heavy (non-hydrogen) atoms. The fourth-order valence-electron chi connectivity index (χ4n) is 1.72. The number of nitrogens with one attached hydrogen (secondary N) is 1. The highest BCUT2D eigenvalue weighted by molar-refractivity contribution is 7.11. The molecule has 0 radical (unpaired) electrons. The number of nitrogens with two attached hydrogens (primary N) is 1. The fourth-order valence-corrected chi connectivity index (χ4v) is 2.45. The van der Waals surface area contributed by atoms with E-state index in [9.17, 15) is 0 Å². The van der Waals surface area contributed by atoms with Gasteiger partial charge in [0.2, 0.25) is 0 Å². The normalized spacial score (nSPS) is 10.3. The van der Waals surface area contributed by atoms with Crippen LogP contribution in [0.1, 0.15) is 9.88 Å². The van der Waals surface area contributed by atoms with Crippen molar-refractivity contribution in [1.29, 1.82) is 0 Å². The summed E-state index contributed by atoms with van der Waals surface area (Å²) in [5, 5.41) is 4.33. The second-order valence-corrected chi connectivity index (χ2v) is 5.31. The number of hydrogen-bond acceptors (Lipinski definition) is 6. The van der Waals surface area contributed by atoms with Gasteiger partial charge in [-0.1, -0.05) is 0 Å². The monoisotopic (exact) mass is 279 g/mol. The maximum Gasteiger partial charge on any atom is 0.162 e. The summed E-state index contributed by atoms with van der Waals surface area (Å²) in [6.45, 7) is 2.67. The van der Waals surface area contributed by atoms with E-state index in [1.54, 1.807) is 31.6 Å². The largest absolute Gasteiger partial charge is 0.493 e. The molecule has 5 nitrogen and oxygen atoms in total. The molecule has 0 saturated heterocycles. The first kappa shape index (κ1) is 13.5. The minimum atomic E-state index is 0.624. The lowest BCUT2D eigenvalue weighted by Gasteiger charge is -2.13. The third-order valence-corrected chi connectivity index (χ3v) is 3.59. The number of methoxy groups -OCH3 is 2. The summed E-state index contributed by atoms with van der Waals surface area (Å²) in [5.74, 6) is 1.28. The van der Waals surface area contributed by atoms with Crippen molar-refractivity contribution < 1.29 is 9.47 Å². The Kier molecular flexibility index (Phi) is 4.11. The molecule has 2 rings (SSSR count). The Hall–Kier alpha value is -1.95. The molecular weight excluding hydrogens is 262 g/mol. The van der Waals surface area contributed by atoms with Gasteiger partial charge in [-0.25, -0.2) is 4.98 Å². The van der Waals surface area contributed by atoms with Crippen LogP contribution in [0.15, 0.2) is 18.3 Å². The van der Waals surface area contributed by atoms with Crippen molar-refractivity contribution in [2.75, 3.05) is 25.3 Å². The van der Waals surface area contributed by atoms with Crippen LogP contribution in [-0.2, 0) is 6.54 Å². The van der Waals surface area contributed by atoms with Crippen LogP contribution < -0.4 is 20.5 Å². The molecule has 0 aliphatic rings. The number of ether oxygens (including phenoxy) is 2. The number of aryl methyl sites for hydroxylation is 1. The van der Waals surface area contributed by atoms with Crippen molar-refractivity contribution >= 4 is 22.7 Å². The topological polar surface area (TPSA) is 69.4 Å². The first-order valence-electron chi connectivity index (χ1n) is 5.80. The van der Waals surface area contributed by atoms with Crippen LogP contribution in [0.4, 0.5) is 11.4 Å². The average molecular weight is 279 g/mol. The maximum absolute atomic E-state index is 5.98. The molecule has 0 saturated carbocycles. The third kappa shape index (κ3) is 3.08. The molecule has 2 aromatic rings. The summed E-state index contributed by atoms with van der Waals surface area (Å²) in [4.78, 5) is 5.37. The predicted molar refractivity (Wildman–Crippen MR) is 78.1 cm³/mol. The Morgan fingerprint density at radius 2 is 1.95 bits per heavy atom. The molecule has 0 bridgehead atoms. The Labute approximate surface area is 116 Å². The lowest BCUT2D eigenvalue weighted by atomic mass is 10.2. The van der Waals surface area contributed by atoms with Gasteiger partial charge in [0.15, 0.2) is 11.5 Å². The number of anilines is 2. The first-order valence-corrected chi connectivity index (χ1v) is 6.62. The minimum absolute atomic E-state index is 0.624. The van der Waals surface area contributed by atoms with Crippen LogP contribution in [0.3, 0.4) is 0 Å². The molecule has 0 atom stereocenters. The number of thiazole rings is 1. The molecule has 0 fully saturated rings. The lowest BCUT2D eigenvalue weighted by molar-refractivity contribution is 0.355. The third-order valence-electron chi connectivity index (χ3n) is 2.68. The molecular formula is C13H17N3O2S. The number of hydrogen-bond donors (Lipinski definition) is 2. The first-order chi connectivity index (χ1) is 9.13. The average Bonchev–Trinajstić information content (AvgIpc) is 2.82. The van der Waals surface area contributed by atoms with Gasteiger partial charge >= 0.3 is 0 Å². The lowest BCUT2D eigenvalue weighted by Crippen LogP contribution is -2.03. The van der Waals surface area contributed by atoms with Gasteiger partial charge in [0, 0.05) is 23.2 Å². The highest BCUT2D eigenvalue weighted by Gasteiger charge is 2.09. The van der Waals surface area contributed by atoms with Crippen molar-refractivity contribution in [2.45, 2.75) is 13.5 Å². The zero-order valence-corrected chi connectivity index (χ0v) is 12.0. The number of rotatable bonds is 5. The number of benzene rings is 1. The molecule has 0 aliphatic carbocycles. The minimum Gasteiger partial charge on any atom is -0.493 e. The van der Waals surface area contributed by atoms with E-state index in [2.05, 4.69) is 10.3 Å². The summed E-state index contributed by atoms with van der Waals surface area (Å²) >= 11 is 1.66. The van der Waals surface area contributed by atoms with Gasteiger partial charge in [-0.3, -0.25) is 0 Å². The number of aromatic nitrogens is 1. The van der Waals surface area contributed by atoms with Crippen LogP contribution in [0.25, 0.3) is 0 Å². The molecule has 6 heteroatoms. The van der Waals surface area contributed by atoms with Gasteiger partial charge in [0.25, 0.3) is 0 Å². The van der Waals surface area contributed by atoms with E-state index in [-0.39, 0.29) is 0 Å². The number of nitrogen functional groups attached to an aromatic ring is 1. The summed E-state index contributed by atoms with van der Waals surface area (Å²) in [6, 6.07) is 3.58. The molecule has 0 unspecified atom stereocenters. The molecule has 1 aromatic heterocycles. The van der Waals surface area contributed by atoms with Crippen LogP contribution in [0, 0.1) is 6.92 Å². The smallest absolute Gasteiger partial charge is 0.162 e. The van der Waals surface area contributed by atoms with E-state index in [1.807, 2.05) is 19.2 Å². The Morgan fingerprint density at radius 1 is 1.26 bits per heavy atom. The van der Waals surface area contributed by atoms with Crippen molar-refractivity contribution in [1.82, 2.24) is 4.98 Å². The van der Waals surface area contributed by atoms with Crippen LogP contribution in [-0.4, -0.2) is 19.2 Å². The standard InChI is InChI=1S/C13H17N3O2S/c1-8-15-6-9(19-8)7-16-11-5-13(18-3)12(17-2)4-10(11)14/h4-6,16H,7,14H2,1-3H3. The van der Waals surface area contributed by atoms with Crippen LogP contribution in [0.5, 0.6) is 11.5 Å². The maximum atomic E-state index is 5.98. The zero-order chi connectivity index (χ0) is 13.8. The molecule has 1 aromatic carbocycles. The molecule has 0 aliphatic heterocycles. The van der Waals surface area contributed by atoms with Crippen LogP contribution in [0.2, 0.25) is 0 Å². The highest BCUT2D eigenvalue weighted by atomic mass is 32.1. The highest BCUT2D eigenvalue weighted by Crippen LogP contribution is 2.35. The van der Waals surface area contributed by atoms with Gasteiger partial charge in [-0.15, -0.1) is 11.3 Å². The van der Waals surface area contributed by atoms with E-state index in [0.29, 0.717) is 23.7 Å². The summed E-state index contributed by atoms with van der Waals surface area (Å²) in [5.41, 5.74) is 7.43. The van der Waals surface area contributed by atoms with Crippen molar-refractivity contribution in [3.63, 3.8) is 0 Å². The van der Waals surface area contributed by atoms with Crippen LogP contribution >= 0.6 is 11.3 Å². The van der Waals surface area contributed by atoms with Gasteiger partial charge in [-0.2, -0.15) is 0 Å². The van der Waals surface area contributed by atoms with Gasteiger partial charge in [0.1, 0.15) is 0 Å². The van der Waals surface area contributed by atoms with E-state index in [1.165, 1.54) is 0 Å². The second-order valence-electron chi connectivity index (χ2n) is 3.99. The molecule has 0 amide bonds. The summed E-state index contributed by atoms with van der Waals surface area (Å²) < 4.78 is 10.5. The summed E-state index contributed by atoms with van der Waals surface area (Å²) in [6.07, 6.45) is 1.87. The Balaban J connectivity index is 2.15. The van der Waals surface area contributed by atoms with Gasteiger partial charge in [-0.05, 0) is 6.92 Å². The molecule has 0 spiro atoms. The Morgan fingerprint density at radius 3 is 2.53 bits per heavy atom. The SMILES string of the molecule is COc1cc(N)c(NCc2cnc(C)s2)cc1OC. The van der Waals surface area contributed by atoms with E-state index >= 15 is 0 Å². The quantitative estimate of drug-likeness (QED) is 0.823. The van der Waals surface area contributed by atoms with Gasteiger partial charge in [0.05, 0.1) is 37.1 Å². The second kappa shape index (κ2) is 5.79. The zero-order valence-electron chi connectivity index (χ0n) is 11.2. The van der Waals surface area contributed by atoms with E-state index in [4.69, 9.17) is 15.2 Å². The van der Waals surface area contributed by atoms with E-state index < -0.39 is 0 Å². The van der Waals surface area contributed by atoms with Crippen molar-refractivity contribution in [2.24, 2.45) is 0 Å². The number of nitrogens with zero attached hydrogens (tertiary/aromatic N) is 1. The summed E-state index contributed by atoms with van der Waals surface area (Å²) in [7, 11) is 3.19. The van der Waals surface area contributed by atoms with E-state index in [0.717, 1.165) is 15.6 Å². The fraction of sp³-hybridized carbons (Fsp3) is 0.308. The predicted octanol–water partition coefficient (Wildman–Crippen LogP) is 2.66. The van der Waals surface area contributed by atoms with Crippen molar-refractivity contribution in [3.8, 4) is 11.5 Å². The van der Waals surface area contributed by atoms with Gasteiger partial charge < -0.3 is 20.5 Å². The molecule has 102 valence electrons. The Bertz CT molecular complexity index is 569. The molecule has 1 heterocycles.